The summed E-state index contributed by atoms with van der Waals surface area (Å²) >= 11 is 5.72. The minimum absolute atomic E-state index is 0.0263. The number of rotatable bonds is 6. The molecule has 2 aromatic rings. The number of nitrogens with one attached hydrogen (secondary N) is 1. The maximum absolute atomic E-state index is 13.6. The van der Waals surface area contributed by atoms with Gasteiger partial charge in [-0.2, -0.15) is 5.10 Å². The van der Waals surface area contributed by atoms with Crippen molar-refractivity contribution >= 4 is 11.6 Å². The van der Waals surface area contributed by atoms with Gasteiger partial charge in [0.1, 0.15) is 18.0 Å². The van der Waals surface area contributed by atoms with E-state index in [4.69, 9.17) is 11.6 Å². The van der Waals surface area contributed by atoms with Gasteiger partial charge in [-0.3, -0.25) is 4.68 Å². The molecular formula is C14H18ClFN4. The second-order valence-corrected chi connectivity index (χ2v) is 5.03. The molecule has 4 nitrogen and oxygen atoms in total. The number of benzene rings is 1. The molecule has 108 valence electrons. The lowest BCUT2D eigenvalue weighted by Crippen LogP contribution is -2.21. The summed E-state index contributed by atoms with van der Waals surface area (Å²) in [5.74, 6) is 0.487. The Hall–Kier alpha value is -1.46. The van der Waals surface area contributed by atoms with Crippen LogP contribution in [0.4, 0.5) is 4.39 Å². The maximum Gasteiger partial charge on any atom is 0.142 e. The third kappa shape index (κ3) is 3.35. The van der Waals surface area contributed by atoms with Gasteiger partial charge >= 0.3 is 0 Å². The highest BCUT2D eigenvalue weighted by atomic mass is 35.5. The van der Waals surface area contributed by atoms with Crippen LogP contribution in [0, 0.1) is 5.82 Å². The summed E-state index contributed by atoms with van der Waals surface area (Å²) in [6.07, 6.45) is 3.20. The van der Waals surface area contributed by atoms with Crippen molar-refractivity contribution in [2.45, 2.75) is 32.4 Å². The second kappa shape index (κ2) is 6.81. The molecule has 1 heterocycles. The zero-order valence-electron chi connectivity index (χ0n) is 11.6. The Labute approximate surface area is 123 Å². The highest BCUT2D eigenvalue weighted by Gasteiger charge is 2.15. The van der Waals surface area contributed by atoms with Gasteiger partial charge in [-0.15, -0.1) is 0 Å². The highest BCUT2D eigenvalue weighted by Crippen LogP contribution is 2.22. The second-order valence-electron chi connectivity index (χ2n) is 4.62. The fourth-order valence-electron chi connectivity index (χ4n) is 2.14. The summed E-state index contributed by atoms with van der Waals surface area (Å²) in [6, 6.07) is 4.84. The van der Waals surface area contributed by atoms with Gasteiger partial charge in [-0.1, -0.05) is 24.6 Å². The quantitative estimate of drug-likeness (QED) is 0.891. The summed E-state index contributed by atoms with van der Waals surface area (Å²) in [4.78, 5) is 4.28. The number of hydrogen-bond acceptors (Lipinski definition) is 3. The zero-order valence-corrected chi connectivity index (χ0v) is 12.4. The summed E-state index contributed by atoms with van der Waals surface area (Å²) in [5.41, 5.74) is 0.848. The van der Waals surface area contributed by atoms with Crippen molar-refractivity contribution in [2.24, 2.45) is 0 Å². The molecule has 0 aliphatic rings. The van der Waals surface area contributed by atoms with Gasteiger partial charge in [0.15, 0.2) is 0 Å². The number of nitrogens with zero attached hydrogens (tertiary/aromatic N) is 3. The molecule has 0 fully saturated rings. The number of aryl methyl sites for hydroxylation is 1. The monoisotopic (exact) mass is 296 g/mol. The van der Waals surface area contributed by atoms with Crippen molar-refractivity contribution in [3.63, 3.8) is 0 Å². The van der Waals surface area contributed by atoms with Gasteiger partial charge in [0, 0.05) is 19.0 Å². The first kappa shape index (κ1) is 14.9. The normalized spacial score (nSPS) is 12.6. The molecule has 6 heteroatoms. The van der Waals surface area contributed by atoms with Crippen molar-refractivity contribution in [3.8, 4) is 0 Å². The van der Waals surface area contributed by atoms with Crippen LogP contribution in [0.2, 0.25) is 5.02 Å². The van der Waals surface area contributed by atoms with Crippen LogP contribution >= 0.6 is 11.6 Å². The van der Waals surface area contributed by atoms with Crippen LogP contribution in [-0.2, 0) is 13.0 Å². The van der Waals surface area contributed by atoms with E-state index in [-0.39, 0.29) is 11.1 Å². The van der Waals surface area contributed by atoms with E-state index in [1.165, 1.54) is 6.07 Å². The molecule has 0 saturated heterocycles. The Balaban J connectivity index is 2.19. The smallest absolute Gasteiger partial charge is 0.142 e. The van der Waals surface area contributed by atoms with E-state index in [2.05, 4.69) is 22.3 Å². The van der Waals surface area contributed by atoms with Crippen LogP contribution in [0.1, 0.15) is 30.8 Å². The largest absolute Gasteiger partial charge is 0.313 e. The summed E-state index contributed by atoms with van der Waals surface area (Å²) < 4.78 is 15.4. The Morgan fingerprint density at radius 3 is 2.90 bits per heavy atom. The predicted octanol–water partition coefficient (Wildman–Crippen LogP) is 2.98. The van der Waals surface area contributed by atoms with Crippen LogP contribution in [-0.4, -0.2) is 21.8 Å². The minimum Gasteiger partial charge on any atom is -0.313 e. The predicted molar refractivity (Wildman–Crippen MR) is 77.2 cm³/mol. The van der Waals surface area contributed by atoms with Crippen molar-refractivity contribution in [1.29, 1.82) is 0 Å². The molecule has 20 heavy (non-hydrogen) atoms. The van der Waals surface area contributed by atoms with E-state index in [9.17, 15) is 4.39 Å². The van der Waals surface area contributed by atoms with E-state index < -0.39 is 5.82 Å². The number of aromatic nitrogens is 3. The fourth-order valence-corrected chi connectivity index (χ4v) is 2.26. The van der Waals surface area contributed by atoms with Gasteiger partial charge in [-0.25, -0.2) is 9.37 Å². The molecule has 1 N–H and O–H groups in total. The van der Waals surface area contributed by atoms with Crippen LogP contribution in [0.5, 0.6) is 0 Å². The van der Waals surface area contributed by atoms with Crippen LogP contribution < -0.4 is 5.32 Å². The number of halogens is 2. The summed E-state index contributed by atoms with van der Waals surface area (Å²) in [5, 5.41) is 7.52. The van der Waals surface area contributed by atoms with Gasteiger partial charge in [0.25, 0.3) is 0 Å². The van der Waals surface area contributed by atoms with Crippen LogP contribution in [0.3, 0.4) is 0 Å². The van der Waals surface area contributed by atoms with Gasteiger partial charge in [0.05, 0.1) is 5.02 Å². The molecule has 1 aromatic heterocycles. The molecule has 0 bridgehead atoms. The molecule has 0 radical (unpaired) electrons. The SMILES string of the molecule is CCCn1ncnc1CC(NC)c1ccc(Cl)c(F)c1. The Morgan fingerprint density at radius 1 is 1.45 bits per heavy atom. The maximum atomic E-state index is 13.6. The Bertz CT molecular complexity index is 570. The molecule has 0 saturated carbocycles. The topological polar surface area (TPSA) is 42.7 Å². The third-order valence-electron chi connectivity index (χ3n) is 3.21. The van der Waals surface area contributed by atoms with E-state index in [0.717, 1.165) is 24.4 Å². The first-order chi connectivity index (χ1) is 9.65. The lowest BCUT2D eigenvalue weighted by atomic mass is 10.0. The standard InChI is InChI=1S/C14H18ClFN4/c1-3-6-20-14(18-9-19-20)8-13(17-2)10-4-5-11(15)12(16)7-10/h4-5,7,9,13,17H,3,6,8H2,1-2H3. The van der Waals surface area contributed by atoms with Crippen molar-refractivity contribution in [2.75, 3.05) is 7.05 Å². The van der Waals surface area contributed by atoms with Crippen LogP contribution in [0.25, 0.3) is 0 Å². The first-order valence-electron chi connectivity index (χ1n) is 6.64. The Kier molecular flexibility index (Phi) is 5.09. The van der Waals surface area contributed by atoms with Crippen molar-refractivity contribution in [3.05, 3.63) is 46.8 Å². The molecule has 0 spiro atoms. The molecule has 1 aromatic carbocycles. The van der Waals surface area contributed by atoms with E-state index in [1.807, 2.05) is 17.8 Å². The molecule has 0 aliphatic carbocycles. The minimum atomic E-state index is -0.403. The summed E-state index contributed by atoms with van der Waals surface area (Å²) in [7, 11) is 1.84. The first-order valence-corrected chi connectivity index (χ1v) is 7.02. The Morgan fingerprint density at radius 2 is 2.25 bits per heavy atom. The van der Waals surface area contributed by atoms with Gasteiger partial charge < -0.3 is 5.32 Å². The number of likely N-dealkylation sites (N-methyl/N-ethyl adjacent to an activating group) is 1. The molecular weight excluding hydrogens is 279 g/mol. The van der Waals surface area contributed by atoms with E-state index in [0.29, 0.717) is 6.42 Å². The van der Waals surface area contributed by atoms with E-state index >= 15 is 0 Å². The fraction of sp³-hybridized carbons (Fsp3) is 0.429. The highest BCUT2D eigenvalue weighted by molar-refractivity contribution is 6.30. The average molecular weight is 297 g/mol. The third-order valence-corrected chi connectivity index (χ3v) is 3.52. The molecule has 0 amide bonds. The van der Waals surface area contributed by atoms with Gasteiger partial charge in [0.2, 0.25) is 0 Å². The molecule has 1 unspecified atom stereocenters. The lowest BCUT2D eigenvalue weighted by molar-refractivity contribution is 0.514. The van der Waals surface area contributed by atoms with Crippen LogP contribution in [0.15, 0.2) is 24.5 Å². The van der Waals surface area contributed by atoms with E-state index in [1.54, 1.807) is 12.4 Å². The molecule has 0 aliphatic heterocycles. The van der Waals surface area contributed by atoms with Crippen molar-refractivity contribution in [1.82, 2.24) is 20.1 Å². The summed E-state index contributed by atoms with van der Waals surface area (Å²) in [6.45, 7) is 2.93. The average Bonchev–Trinajstić information content (AvgIpc) is 2.87. The lowest BCUT2D eigenvalue weighted by Gasteiger charge is -2.17. The van der Waals surface area contributed by atoms with Gasteiger partial charge in [-0.05, 0) is 31.2 Å². The zero-order chi connectivity index (χ0) is 14.5. The van der Waals surface area contributed by atoms with Crippen molar-refractivity contribution < 1.29 is 4.39 Å². The molecule has 2 rings (SSSR count). The molecule has 1 atom stereocenters. The number of hydrogen-bond donors (Lipinski definition) is 1.